The molecule has 0 aromatic heterocycles. The molecular formula is C14H12N2O3S. The Morgan fingerprint density at radius 1 is 1.30 bits per heavy atom. The first-order valence-corrected chi connectivity index (χ1v) is 6.22. The normalized spacial score (nSPS) is 17.3. The number of amides is 2. The maximum absolute atomic E-state index is 12.2. The van der Waals surface area contributed by atoms with E-state index in [2.05, 4.69) is 11.9 Å². The van der Waals surface area contributed by atoms with E-state index in [-0.39, 0.29) is 23.0 Å². The molecule has 0 spiro atoms. The summed E-state index contributed by atoms with van der Waals surface area (Å²) in [5.41, 5.74) is 0.624. The van der Waals surface area contributed by atoms with Gasteiger partial charge in [0.25, 0.3) is 11.8 Å². The molecule has 1 fully saturated rings. The molecule has 2 N–H and O–H groups in total. The van der Waals surface area contributed by atoms with Crippen LogP contribution in [0.1, 0.15) is 5.56 Å². The largest absolute Gasteiger partial charge is 0.508 e. The van der Waals surface area contributed by atoms with Crippen molar-refractivity contribution in [3.63, 3.8) is 0 Å². The third kappa shape index (κ3) is 2.75. The van der Waals surface area contributed by atoms with E-state index in [1.165, 1.54) is 29.2 Å². The molecule has 0 saturated carbocycles. The Balaban J connectivity index is 2.36. The molecule has 0 unspecified atom stereocenters. The molecule has 0 radical (unpaired) electrons. The van der Waals surface area contributed by atoms with Gasteiger partial charge in [0.15, 0.2) is 5.11 Å². The van der Waals surface area contributed by atoms with Crippen LogP contribution in [0.5, 0.6) is 5.75 Å². The summed E-state index contributed by atoms with van der Waals surface area (Å²) in [5, 5.41) is 11.7. The van der Waals surface area contributed by atoms with E-state index in [0.29, 0.717) is 5.56 Å². The van der Waals surface area contributed by atoms with E-state index >= 15 is 0 Å². The number of benzene rings is 1. The van der Waals surface area contributed by atoms with Crippen LogP contribution < -0.4 is 5.32 Å². The zero-order valence-electron chi connectivity index (χ0n) is 10.5. The van der Waals surface area contributed by atoms with Gasteiger partial charge in [-0.2, -0.15) is 0 Å². The van der Waals surface area contributed by atoms with Crippen molar-refractivity contribution < 1.29 is 14.7 Å². The minimum atomic E-state index is -0.534. The lowest BCUT2D eigenvalue weighted by atomic mass is 10.1. The summed E-state index contributed by atoms with van der Waals surface area (Å²) in [7, 11) is 0. The number of thiocarbonyl (C=S) groups is 1. The van der Waals surface area contributed by atoms with Crippen LogP contribution in [-0.4, -0.2) is 33.5 Å². The minimum absolute atomic E-state index is 0.00820. The summed E-state index contributed by atoms with van der Waals surface area (Å²) < 4.78 is 0. The van der Waals surface area contributed by atoms with Crippen molar-refractivity contribution in [1.29, 1.82) is 0 Å². The highest BCUT2D eigenvalue weighted by Gasteiger charge is 2.32. The van der Waals surface area contributed by atoms with Gasteiger partial charge in [-0.05, 0) is 36.0 Å². The number of carbonyl (C=O) groups is 2. The van der Waals surface area contributed by atoms with E-state index in [1.807, 2.05) is 0 Å². The average molecular weight is 288 g/mol. The molecule has 102 valence electrons. The number of carbonyl (C=O) groups excluding carboxylic acids is 2. The molecule has 2 amide bonds. The number of rotatable bonds is 3. The van der Waals surface area contributed by atoms with Gasteiger partial charge in [0.1, 0.15) is 11.3 Å². The summed E-state index contributed by atoms with van der Waals surface area (Å²) in [4.78, 5) is 25.3. The van der Waals surface area contributed by atoms with Crippen molar-refractivity contribution in [3.8, 4) is 5.75 Å². The van der Waals surface area contributed by atoms with Gasteiger partial charge in [0.2, 0.25) is 0 Å². The van der Waals surface area contributed by atoms with Crippen molar-refractivity contribution in [2.45, 2.75) is 0 Å². The Morgan fingerprint density at radius 3 is 2.55 bits per heavy atom. The molecule has 1 aliphatic rings. The van der Waals surface area contributed by atoms with Crippen molar-refractivity contribution >= 4 is 35.2 Å². The molecule has 1 aromatic carbocycles. The predicted molar refractivity (Wildman–Crippen MR) is 78.7 cm³/mol. The summed E-state index contributed by atoms with van der Waals surface area (Å²) in [6, 6.07) is 6.16. The molecule has 0 atom stereocenters. The van der Waals surface area contributed by atoms with Crippen LogP contribution in [0.15, 0.2) is 42.5 Å². The van der Waals surface area contributed by atoms with Crippen LogP contribution in [0.4, 0.5) is 0 Å². The van der Waals surface area contributed by atoms with E-state index in [1.54, 1.807) is 12.1 Å². The SMILES string of the molecule is C=CCN1C(=O)/C(=C\c2ccc(O)cc2)C(=O)NC1=S. The molecule has 20 heavy (non-hydrogen) atoms. The fourth-order valence-corrected chi connectivity index (χ4v) is 1.98. The molecule has 5 nitrogen and oxygen atoms in total. The van der Waals surface area contributed by atoms with Crippen molar-refractivity contribution in [2.75, 3.05) is 6.54 Å². The third-order valence-electron chi connectivity index (χ3n) is 2.70. The molecule has 0 aliphatic carbocycles. The molecule has 6 heteroatoms. The second-order valence-electron chi connectivity index (χ2n) is 4.11. The van der Waals surface area contributed by atoms with Gasteiger partial charge in [-0.3, -0.25) is 19.8 Å². The van der Waals surface area contributed by atoms with Gasteiger partial charge in [0.05, 0.1) is 0 Å². The van der Waals surface area contributed by atoms with Crippen LogP contribution in [0, 0.1) is 0 Å². The molecule has 1 aromatic rings. The zero-order chi connectivity index (χ0) is 14.7. The first kappa shape index (κ1) is 14.0. The van der Waals surface area contributed by atoms with Crippen molar-refractivity contribution in [1.82, 2.24) is 10.2 Å². The van der Waals surface area contributed by atoms with E-state index in [9.17, 15) is 14.7 Å². The number of hydrogen-bond acceptors (Lipinski definition) is 4. The maximum Gasteiger partial charge on any atom is 0.265 e. The highest BCUT2D eigenvalue weighted by atomic mass is 32.1. The van der Waals surface area contributed by atoms with Crippen LogP contribution in [0.2, 0.25) is 0 Å². The summed E-state index contributed by atoms with van der Waals surface area (Å²) in [6.07, 6.45) is 2.98. The second-order valence-corrected chi connectivity index (χ2v) is 4.50. The number of nitrogens with zero attached hydrogens (tertiary/aromatic N) is 1. The topological polar surface area (TPSA) is 69.6 Å². The number of aromatic hydroxyl groups is 1. The van der Waals surface area contributed by atoms with E-state index in [4.69, 9.17) is 12.2 Å². The number of phenolic OH excluding ortho intramolecular Hbond substituents is 1. The highest BCUT2D eigenvalue weighted by Crippen LogP contribution is 2.16. The minimum Gasteiger partial charge on any atom is -0.508 e. The molecular weight excluding hydrogens is 276 g/mol. The van der Waals surface area contributed by atoms with Gasteiger partial charge in [-0.1, -0.05) is 18.2 Å². The van der Waals surface area contributed by atoms with E-state index < -0.39 is 11.8 Å². The number of phenols is 1. The molecule has 1 aliphatic heterocycles. The van der Waals surface area contributed by atoms with Crippen LogP contribution in [-0.2, 0) is 9.59 Å². The fourth-order valence-electron chi connectivity index (χ4n) is 1.73. The standard InChI is InChI=1S/C14H12N2O3S/c1-2-7-16-13(19)11(12(18)15-14(16)20)8-9-3-5-10(17)6-4-9/h2-6,8,17H,1,7H2,(H,15,18,20)/b11-8-. The molecule has 2 rings (SSSR count). The highest BCUT2D eigenvalue weighted by molar-refractivity contribution is 7.80. The smallest absolute Gasteiger partial charge is 0.265 e. The van der Waals surface area contributed by atoms with Gasteiger partial charge in [-0.25, -0.2) is 0 Å². The summed E-state index contributed by atoms with van der Waals surface area (Å²) >= 11 is 4.95. The predicted octanol–water partition coefficient (Wildman–Crippen LogP) is 1.20. The Hall–Kier alpha value is -2.47. The zero-order valence-corrected chi connectivity index (χ0v) is 11.3. The van der Waals surface area contributed by atoms with Crippen LogP contribution >= 0.6 is 12.2 Å². The Bertz CT molecular complexity index is 620. The summed E-state index contributed by atoms with van der Waals surface area (Å²) in [5.74, 6) is -0.888. The van der Waals surface area contributed by atoms with E-state index in [0.717, 1.165) is 0 Å². The molecule has 0 bridgehead atoms. The third-order valence-corrected chi connectivity index (χ3v) is 3.02. The van der Waals surface area contributed by atoms with Gasteiger partial charge in [0, 0.05) is 6.54 Å². The Labute approximate surface area is 121 Å². The maximum atomic E-state index is 12.2. The van der Waals surface area contributed by atoms with Gasteiger partial charge >= 0.3 is 0 Å². The lowest BCUT2D eigenvalue weighted by Crippen LogP contribution is -2.53. The lowest BCUT2D eigenvalue weighted by Gasteiger charge is -2.27. The van der Waals surface area contributed by atoms with Crippen LogP contribution in [0.25, 0.3) is 6.08 Å². The van der Waals surface area contributed by atoms with Gasteiger partial charge < -0.3 is 5.11 Å². The van der Waals surface area contributed by atoms with Crippen molar-refractivity contribution in [2.24, 2.45) is 0 Å². The lowest BCUT2D eigenvalue weighted by molar-refractivity contribution is -0.128. The average Bonchev–Trinajstić information content (AvgIpc) is 2.41. The quantitative estimate of drug-likeness (QED) is 0.379. The summed E-state index contributed by atoms with van der Waals surface area (Å²) in [6.45, 7) is 3.78. The second kappa shape index (κ2) is 5.66. The van der Waals surface area contributed by atoms with Gasteiger partial charge in [-0.15, -0.1) is 6.58 Å². The Kier molecular flexibility index (Phi) is 3.95. The fraction of sp³-hybridized carbons (Fsp3) is 0.0714. The molecule has 1 saturated heterocycles. The Morgan fingerprint density at radius 2 is 1.95 bits per heavy atom. The first-order valence-electron chi connectivity index (χ1n) is 5.81. The van der Waals surface area contributed by atoms with Crippen LogP contribution in [0.3, 0.4) is 0 Å². The monoisotopic (exact) mass is 288 g/mol. The first-order chi connectivity index (χ1) is 9.52. The number of nitrogens with one attached hydrogen (secondary N) is 1. The van der Waals surface area contributed by atoms with Crippen molar-refractivity contribution in [3.05, 3.63) is 48.1 Å². The molecule has 1 heterocycles. The number of hydrogen-bond donors (Lipinski definition) is 2.